The van der Waals surface area contributed by atoms with Gasteiger partial charge in [-0.1, -0.05) is 13.8 Å². The van der Waals surface area contributed by atoms with Crippen LogP contribution in [-0.2, 0) is 9.59 Å². The van der Waals surface area contributed by atoms with Crippen LogP contribution in [0.3, 0.4) is 0 Å². The molecule has 0 bridgehead atoms. The van der Waals surface area contributed by atoms with E-state index in [-0.39, 0.29) is 11.8 Å². The van der Waals surface area contributed by atoms with Gasteiger partial charge in [0.1, 0.15) is 0 Å². The number of nitrogens with one attached hydrogen (secondary N) is 3. The zero-order valence-electron chi connectivity index (χ0n) is 13.0. The molecule has 0 aliphatic rings. The van der Waals surface area contributed by atoms with E-state index < -0.39 is 0 Å². The third-order valence-electron chi connectivity index (χ3n) is 3.15. The van der Waals surface area contributed by atoms with Crippen molar-refractivity contribution in [3.05, 3.63) is 24.3 Å². The molecule has 1 atom stereocenters. The normalized spacial score (nSPS) is 11.8. The highest BCUT2D eigenvalue weighted by molar-refractivity contribution is 5.93. The predicted octanol–water partition coefficient (Wildman–Crippen LogP) is 2.75. The molecule has 0 radical (unpaired) electrons. The van der Waals surface area contributed by atoms with E-state index in [2.05, 4.69) is 22.9 Å². The summed E-state index contributed by atoms with van der Waals surface area (Å²) in [4.78, 5) is 23.2. The van der Waals surface area contributed by atoms with Crippen LogP contribution < -0.4 is 16.0 Å². The molecule has 1 aromatic rings. The average Bonchev–Trinajstić information content (AvgIpc) is 2.47. The van der Waals surface area contributed by atoms with Gasteiger partial charge in [-0.2, -0.15) is 0 Å². The molecular formula is C16H25N3O2. The summed E-state index contributed by atoms with van der Waals surface area (Å²) >= 11 is 0. The monoisotopic (exact) mass is 291 g/mol. The van der Waals surface area contributed by atoms with Gasteiger partial charge in [-0.25, -0.2) is 0 Å². The van der Waals surface area contributed by atoms with Crippen molar-refractivity contribution in [3.8, 4) is 0 Å². The van der Waals surface area contributed by atoms with Crippen LogP contribution in [0.2, 0.25) is 0 Å². The van der Waals surface area contributed by atoms with Crippen LogP contribution in [0.4, 0.5) is 11.4 Å². The van der Waals surface area contributed by atoms with Gasteiger partial charge in [-0.05, 0) is 44.0 Å². The maximum atomic E-state index is 11.7. The molecule has 116 valence electrons. The highest BCUT2D eigenvalue weighted by Crippen LogP contribution is 2.13. The fraction of sp³-hybridized carbons (Fsp3) is 0.500. The third kappa shape index (κ3) is 6.90. The van der Waals surface area contributed by atoms with E-state index in [9.17, 15) is 9.59 Å². The Kier molecular flexibility index (Phi) is 7.46. The molecule has 0 fully saturated rings. The summed E-state index contributed by atoms with van der Waals surface area (Å²) in [6.07, 6.45) is 2.32. The zero-order valence-corrected chi connectivity index (χ0v) is 13.0. The van der Waals surface area contributed by atoms with Gasteiger partial charge >= 0.3 is 0 Å². The van der Waals surface area contributed by atoms with Crippen molar-refractivity contribution in [1.29, 1.82) is 0 Å². The summed E-state index contributed by atoms with van der Waals surface area (Å²) in [5.74, 6) is -0.0647. The molecule has 5 nitrogen and oxygen atoms in total. The van der Waals surface area contributed by atoms with Crippen molar-refractivity contribution in [2.45, 2.75) is 46.1 Å². The lowest BCUT2D eigenvalue weighted by Gasteiger charge is -2.11. The molecule has 1 unspecified atom stereocenters. The molecule has 1 aromatic carbocycles. The van der Waals surface area contributed by atoms with E-state index >= 15 is 0 Å². The molecule has 0 aromatic heterocycles. The number of amides is 2. The first-order valence-electron chi connectivity index (χ1n) is 7.48. The lowest BCUT2D eigenvalue weighted by molar-refractivity contribution is -0.116. The molecule has 3 N–H and O–H groups in total. The van der Waals surface area contributed by atoms with Gasteiger partial charge in [0, 0.05) is 23.8 Å². The first kappa shape index (κ1) is 17.2. The number of carbonyl (C=O) groups excluding carboxylic acids is 2. The molecular weight excluding hydrogens is 266 g/mol. The third-order valence-corrected chi connectivity index (χ3v) is 3.15. The van der Waals surface area contributed by atoms with E-state index in [1.807, 2.05) is 13.8 Å². The highest BCUT2D eigenvalue weighted by Gasteiger charge is 2.05. The van der Waals surface area contributed by atoms with Gasteiger partial charge in [-0.15, -0.1) is 0 Å². The molecule has 21 heavy (non-hydrogen) atoms. The Morgan fingerprint density at radius 1 is 1.00 bits per heavy atom. The molecule has 1 rings (SSSR count). The van der Waals surface area contributed by atoms with Crippen molar-refractivity contribution >= 4 is 23.2 Å². The lowest BCUT2D eigenvalue weighted by atomic mass is 10.2. The van der Waals surface area contributed by atoms with Crippen LogP contribution in [0.1, 0.15) is 40.0 Å². The van der Waals surface area contributed by atoms with Crippen molar-refractivity contribution in [2.24, 2.45) is 0 Å². The van der Waals surface area contributed by atoms with Gasteiger partial charge in [0.05, 0.1) is 6.54 Å². The van der Waals surface area contributed by atoms with Crippen LogP contribution in [0, 0.1) is 0 Å². The summed E-state index contributed by atoms with van der Waals surface area (Å²) in [5.41, 5.74) is 1.46. The Bertz CT molecular complexity index is 457. The minimum absolute atomic E-state index is 0.00652. The molecule has 5 heteroatoms. The molecule has 0 saturated heterocycles. The Hall–Kier alpha value is -1.88. The fourth-order valence-corrected chi connectivity index (χ4v) is 1.70. The second-order valence-electron chi connectivity index (χ2n) is 5.11. The van der Waals surface area contributed by atoms with Crippen molar-refractivity contribution in [2.75, 3.05) is 17.2 Å². The Balaban J connectivity index is 2.43. The highest BCUT2D eigenvalue weighted by atomic mass is 16.2. The summed E-state index contributed by atoms with van der Waals surface area (Å²) < 4.78 is 0. The second-order valence-corrected chi connectivity index (χ2v) is 5.11. The van der Waals surface area contributed by atoms with Gasteiger partial charge in [-0.3, -0.25) is 9.59 Å². The summed E-state index contributed by atoms with van der Waals surface area (Å²) in [6.45, 7) is 6.37. The topological polar surface area (TPSA) is 70.2 Å². The Morgan fingerprint density at radius 2 is 1.52 bits per heavy atom. The smallest absolute Gasteiger partial charge is 0.238 e. The maximum Gasteiger partial charge on any atom is 0.238 e. The van der Waals surface area contributed by atoms with E-state index in [1.165, 1.54) is 0 Å². The van der Waals surface area contributed by atoms with Gasteiger partial charge in [0.15, 0.2) is 0 Å². The number of hydrogen-bond acceptors (Lipinski definition) is 3. The van der Waals surface area contributed by atoms with Crippen molar-refractivity contribution < 1.29 is 9.59 Å². The molecule has 0 heterocycles. The van der Waals surface area contributed by atoms with Crippen molar-refractivity contribution in [3.63, 3.8) is 0 Å². The summed E-state index contributed by atoms with van der Waals surface area (Å²) in [5, 5.41) is 8.75. The van der Waals surface area contributed by atoms with Crippen LogP contribution in [0.5, 0.6) is 0 Å². The quantitative estimate of drug-likeness (QED) is 0.689. The minimum atomic E-state index is -0.0712. The van der Waals surface area contributed by atoms with Crippen LogP contribution in [0.25, 0.3) is 0 Å². The first-order chi connectivity index (χ1) is 10.0. The molecule has 0 aliphatic heterocycles. The number of rotatable bonds is 8. The zero-order chi connectivity index (χ0) is 15.7. The molecule has 0 saturated carbocycles. The fourth-order valence-electron chi connectivity index (χ4n) is 1.70. The molecule has 0 spiro atoms. The minimum Gasteiger partial charge on any atom is -0.326 e. The lowest BCUT2D eigenvalue weighted by Crippen LogP contribution is -2.33. The number of anilines is 2. The standard InChI is InChI=1S/C16H25N3O2/c1-4-6-15(20)18-13-7-9-14(10-8-13)19-16(21)11-17-12(3)5-2/h7-10,12,17H,4-6,11H2,1-3H3,(H,18,20)(H,19,21). The van der Waals surface area contributed by atoms with Gasteiger partial charge < -0.3 is 16.0 Å². The summed E-state index contributed by atoms with van der Waals surface area (Å²) in [7, 11) is 0. The van der Waals surface area contributed by atoms with Crippen LogP contribution in [-0.4, -0.2) is 24.4 Å². The van der Waals surface area contributed by atoms with Gasteiger partial charge in [0.25, 0.3) is 0 Å². The average molecular weight is 291 g/mol. The summed E-state index contributed by atoms with van der Waals surface area (Å²) in [6, 6.07) is 7.45. The van der Waals surface area contributed by atoms with Gasteiger partial charge in [0.2, 0.25) is 11.8 Å². The Morgan fingerprint density at radius 3 is 2.00 bits per heavy atom. The second kappa shape index (κ2) is 9.13. The van der Waals surface area contributed by atoms with E-state index in [4.69, 9.17) is 0 Å². The van der Waals surface area contributed by atoms with E-state index in [0.717, 1.165) is 24.2 Å². The first-order valence-corrected chi connectivity index (χ1v) is 7.48. The van der Waals surface area contributed by atoms with Crippen LogP contribution in [0.15, 0.2) is 24.3 Å². The van der Waals surface area contributed by atoms with E-state index in [0.29, 0.717) is 19.0 Å². The Labute approximate surface area is 126 Å². The maximum absolute atomic E-state index is 11.7. The number of benzene rings is 1. The number of hydrogen-bond donors (Lipinski definition) is 3. The van der Waals surface area contributed by atoms with Crippen molar-refractivity contribution in [1.82, 2.24) is 5.32 Å². The predicted molar refractivity (Wildman–Crippen MR) is 86.4 cm³/mol. The SMILES string of the molecule is CCCC(=O)Nc1ccc(NC(=O)CNC(C)CC)cc1. The molecule has 0 aliphatic carbocycles. The number of carbonyl (C=O) groups is 2. The molecule has 2 amide bonds. The largest absolute Gasteiger partial charge is 0.326 e. The van der Waals surface area contributed by atoms with E-state index in [1.54, 1.807) is 24.3 Å². The van der Waals surface area contributed by atoms with Crippen LogP contribution >= 0.6 is 0 Å².